The molecule has 8 heteroatoms. The number of piperazine rings is 1. The molecule has 0 unspecified atom stereocenters. The molecule has 1 aromatic heterocycles. The molecule has 0 atom stereocenters. The van der Waals surface area contributed by atoms with Crippen LogP contribution in [0.1, 0.15) is 46.7 Å². The number of hydrogen-bond donors (Lipinski definition) is 2. The molecule has 1 fully saturated rings. The fourth-order valence-corrected chi connectivity index (χ4v) is 2.46. The second kappa shape index (κ2) is 10.2. The van der Waals surface area contributed by atoms with E-state index in [9.17, 15) is 9.59 Å². The van der Waals surface area contributed by atoms with Crippen LogP contribution in [0.15, 0.2) is 11.0 Å². The van der Waals surface area contributed by atoms with Crippen LogP contribution < -0.4 is 10.5 Å². The second-order valence-electron chi connectivity index (χ2n) is 6.83. The molecule has 0 saturated carbocycles. The fourth-order valence-electron chi connectivity index (χ4n) is 2.46. The highest BCUT2D eigenvalue weighted by molar-refractivity contribution is 5.68. The molecule has 2 heterocycles. The molecule has 26 heavy (non-hydrogen) atoms. The lowest BCUT2D eigenvalue weighted by molar-refractivity contribution is 0.0240. The molecule has 8 nitrogen and oxygen atoms in total. The Balaban J connectivity index is 0.00000163. The molecule has 1 saturated heterocycles. The highest BCUT2D eigenvalue weighted by Gasteiger charge is 2.27. The van der Waals surface area contributed by atoms with E-state index in [4.69, 9.17) is 9.84 Å². The number of carbonyl (C=O) groups is 1. The summed E-state index contributed by atoms with van der Waals surface area (Å²) in [6.45, 7) is 11.6. The van der Waals surface area contributed by atoms with Crippen LogP contribution in [0.25, 0.3) is 0 Å². The molecule has 0 spiro atoms. The highest BCUT2D eigenvalue weighted by atomic mass is 16.6. The summed E-state index contributed by atoms with van der Waals surface area (Å²) in [5.41, 5.74) is -0.0183. The second-order valence-corrected chi connectivity index (χ2v) is 6.83. The van der Waals surface area contributed by atoms with Gasteiger partial charge >= 0.3 is 6.09 Å². The SMILES string of the molecule is CC.CC(C)(C)OC(=O)N1CCN(c2nc(CCCO)c[nH]c2=O)CC1. The van der Waals surface area contributed by atoms with E-state index in [-0.39, 0.29) is 18.3 Å². The maximum atomic E-state index is 12.1. The molecule has 0 bridgehead atoms. The van der Waals surface area contributed by atoms with Crippen molar-refractivity contribution in [2.75, 3.05) is 37.7 Å². The number of anilines is 1. The first-order valence-corrected chi connectivity index (χ1v) is 9.22. The van der Waals surface area contributed by atoms with E-state index in [1.165, 1.54) is 0 Å². The third-order valence-corrected chi connectivity index (χ3v) is 3.64. The van der Waals surface area contributed by atoms with Crippen LogP contribution in [-0.4, -0.2) is 64.5 Å². The van der Waals surface area contributed by atoms with Crippen molar-refractivity contribution in [1.29, 1.82) is 0 Å². The minimum absolute atomic E-state index is 0.0880. The van der Waals surface area contributed by atoms with Crippen molar-refractivity contribution in [2.24, 2.45) is 0 Å². The third kappa shape index (κ3) is 6.67. The Kier molecular flexibility index (Phi) is 8.57. The van der Waals surface area contributed by atoms with Crippen LogP contribution in [0, 0.1) is 0 Å². The first kappa shape index (κ1) is 22.0. The van der Waals surface area contributed by atoms with Gasteiger partial charge in [0, 0.05) is 39.0 Å². The zero-order valence-electron chi connectivity index (χ0n) is 16.5. The van der Waals surface area contributed by atoms with E-state index in [1.54, 1.807) is 11.1 Å². The molecule has 0 radical (unpaired) electrons. The molecule has 148 valence electrons. The Morgan fingerprint density at radius 1 is 1.27 bits per heavy atom. The third-order valence-electron chi connectivity index (χ3n) is 3.64. The fraction of sp³-hybridized carbons (Fsp3) is 0.722. The van der Waals surface area contributed by atoms with Gasteiger partial charge in [-0.15, -0.1) is 0 Å². The maximum absolute atomic E-state index is 12.1. The molecular weight excluding hydrogens is 336 g/mol. The number of rotatable bonds is 4. The lowest BCUT2D eigenvalue weighted by Gasteiger charge is -2.35. The minimum Gasteiger partial charge on any atom is -0.444 e. The smallest absolute Gasteiger partial charge is 0.410 e. The molecule has 1 aliphatic heterocycles. The summed E-state index contributed by atoms with van der Waals surface area (Å²) in [7, 11) is 0. The van der Waals surface area contributed by atoms with Gasteiger partial charge in [-0.25, -0.2) is 9.78 Å². The summed E-state index contributed by atoms with van der Waals surface area (Å²) in [5.74, 6) is 0.370. The summed E-state index contributed by atoms with van der Waals surface area (Å²) in [5, 5.41) is 8.90. The molecule has 0 aliphatic carbocycles. The molecular formula is C18H32N4O4. The average Bonchev–Trinajstić information content (AvgIpc) is 2.61. The number of aliphatic hydroxyl groups is 1. The van der Waals surface area contributed by atoms with E-state index in [1.807, 2.05) is 39.5 Å². The van der Waals surface area contributed by atoms with Crippen LogP contribution in [0.2, 0.25) is 0 Å². The summed E-state index contributed by atoms with van der Waals surface area (Å²) >= 11 is 0. The standard InChI is InChI=1S/C16H26N4O4.C2H6/c1-16(2,3)24-15(23)20-8-6-19(7-9-20)13-14(22)17-11-12(18-13)5-4-10-21;1-2/h11,21H,4-10H2,1-3H3,(H,17,22);1-2H3. The van der Waals surface area contributed by atoms with Gasteiger partial charge < -0.3 is 24.6 Å². The monoisotopic (exact) mass is 368 g/mol. The summed E-state index contributed by atoms with van der Waals surface area (Å²) in [4.78, 5) is 34.7. The molecule has 1 amide bonds. The van der Waals surface area contributed by atoms with Crippen molar-refractivity contribution in [3.8, 4) is 0 Å². The number of ether oxygens (including phenoxy) is 1. The number of amides is 1. The Hall–Kier alpha value is -2.09. The van der Waals surface area contributed by atoms with Gasteiger partial charge in [0.1, 0.15) is 5.60 Å². The maximum Gasteiger partial charge on any atom is 0.410 e. The number of nitrogens with zero attached hydrogens (tertiary/aromatic N) is 3. The van der Waals surface area contributed by atoms with Gasteiger partial charge in [-0.05, 0) is 33.6 Å². The predicted molar refractivity (Wildman–Crippen MR) is 102 cm³/mol. The van der Waals surface area contributed by atoms with Crippen molar-refractivity contribution in [3.05, 3.63) is 22.2 Å². The zero-order valence-corrected chi connectivity index (χ0v) is 16.5. The number of aryl methyl sites for hydroxylation is 1. The minimum atomic E-state index is -0.520. The number of aromatic amines is 1. The number of carbonyl (C=O) groups excluding carboxylic acids is 1. The molecule has 0 aromatic carbocycles. The lowest BCUT2D eigenvalue weighted by atomic mass is 10.2. The van der Waals surface area contributed by atoms with Crippen molar-refractivity contribution in [2.45, 2.75) is 53.1 Å². The first-order valence-electron chi connectivity index (χ1n) is 9.22. The van der Waals surface area contributed by atoms with Gasteiger partial charge in [-0.1, -0.05) is 13.8 Å². The lowest BCUT2D eigenvalue weighted by Crippen LogP contribution is -2.51. The van der Waals surface area contributed by atoms with Crippen LogP contribution in [0.3, 0.4) is 0 Å². The number of aliphatic hydroxyl groups excluding tert-OH is 1. The Morgan fingerprint density at radius 3 is 2.42 bits per heavy atom. The number of H-pyrrole nitrogens is 1. The molecule has 1 aromatic rings. The van der Waals surface area contributed by atoms with E-state index in [0.29, 0.717) is 44.8 Å². The van der Waals surface area contributed by atoms with Crippen molar-refractivity contribution < 1.29 is 14.6 Å². The normalized spacial score (nSPS) is 14.5. The number of nitrogens with one attached hydrogen (secondary N) is 1. The molecule has 2 rings (SSSR count). The summed E-state index contributed by atoms with van der Waals surface area (Å²) in [6, 6.07) is 0. The highest BCUT2D eigenvalue weighted by Crippen LogP contribution is 2.14. The number of hydrogen-bond acceptors (Lipinski definition) is 6. The van der Waals surface area contributed by atoms with Crippen molar-refractivity contribution in [1.82, 2.24) is 14.9 Å². The van der Waals surface area contributed by atoms with Gasteiger partial charge in [-0.3, -0.25) is 4.79 Å². The van der Waals surface area contributed by atoms with Crippen LogP contribution in [0.4, 0.5) is 10.6 Å². The van der Waals surface area contributed by atoms with Crippen molar-refractivity contribution in [3.63, 3.8) is 0 Å². The van der Waals surface area contributed by atoms with Gasteiger partial charge in [0.2, 0.25) is 0 Å². The van der Waals surface area contributed by atoms with Crippen molar-refractivity contribution >= 4 is 11.9 Å². The topological polar surface area (TPSA) is 98.8 Å². The van der Waals surface area contributed by atoms with Crippen LogP contribution in [0.5, 0.6) is 0 Å². The summed E-state index contributed by atoms with van der Waals surface area (Å²) in [6.07, 6.45) is 2.46. The Morgan fingerprint density at radius 2 is 1.88 bits per heavy atom. The van der Waals surface area contributed by atoms with Gasteiger partial charge in [0.05, 0.1) is 5.69 Å². The molecule has 1 aliphatic rings. The average molecular weight is 368 g/mol. The van der Waals surface area contributed by atoms with E-state index >= 15 is 0 Å². The Labute approximate surface area is 155 Å². The van der Waals surface area contributed by atoms with E-state index in [2.05, 4.69) is 9.97 Å². The van der Waals surface area contributed by atoms with Crippen LogP contribution >= 0.6 is 0 Å². The quantitative estimate of drug-likeness (QED) is 0.840. The van der Waals surface area contributed by atoms with Gasteiger partial charge in [0.25, 0.3) is 5.56 Å². The summed E-state index contributed by atoms with van der Waals surface area (Å²) < 4.78 is 5.37. The Bertz CT molecular complexity index is 616. The van der Waals surface area contributed by atoms with E-state index in [0.717, 1.165) is 5.69 Å². The largest absolute Gasteiger partial charge is 0.444 e. The zero-order chi connectivity index (χ0) is 19.7. The van der Waals surface area contributed by atoms with Crippen LogP contribution in [-0.2, 0) is 11.2 Å². The predicted octanol–water partition coefficient (Wildman–Crippen LogP) is 1.78. The molecule has 2 N–H and O–H groups in total. The van der Waals surface area contributed by atoms with Gasteiger partial charge in [-0.2, -0.15) is 0 Å². The first-order chi connectivity index (χ1) is 12.3. The van der Waals surface area contributed by atoms with Gasteiger partial charge in [0.15, 0.2) is 5.82 Å². The van der Waals surface area contributed by atoms with E-state index < -0.39 is 5.60 Å². The number of aromatic nitrogens is 2.